The third-order valence-electron chi connectivity index (χ3n) is 6.90. The molecular weight excluding hydrogens is 480 g/mol. The van der Waals surface area contributed by atoms with Crippen molar-refractivity contribution in [3.63, 3.8) is 0 Å². The summed E-state index contributed by atoms with van der Waals surface area (Å²) in [6.07, 6.45) is 5.81. The molecule has 0 spiro atoms. The van der Waals surface area contributed by atoms with Crippen molar-refractivity contribution in [2.75, 3.05) is 0 Å². The highest BCUT2D eigenvalue weighted by molar-refractivity contribution is 5.90. The van der Waals surface area contributed by atoms with Crippen LogP contribution in [0.4, 0.5) is 8.78 Å². The number of hydrogen-bond acceptors (Lipinski definition) is 5. The van der Waals surface area contributed by atoms with Crippen LogP contribution < -0.4 is 4.74 Å². The summed E-state index contributed by atoms with van der Waals surface area (Å²) < 4.78 is 36.0. The second-order valence-electron chi connectivity index (χ2n) is 9.59. The summed E-state index contributed by atoms with van der Waals surface area (Å²) in [5.41, 5.74) is 3.59. The Morgan fingerprint density at radius 1 is 1.14 bits per heavy atom. The number of aliphatic carboxylic acids is 1. The molecule has 2 heterocycles. The van der Waals surface area contributed by atoms with Gasteiger partial charge in [0.1, 0.15) is 23.6 Å². The van der Waals surface area contributed by atoms with Gasteiger partial charge in [0.25, 0.3) is 0 Å². The molecule has 2 N–H and O–H groups in total. The van der Waals surface area contributed by atoms with Gasteiger partial charge in [-0.3, -0.25) is 14.5 Å². The zero-order valence-electron chi connectivity index (χ0n) is 20.3. The Hall–Kier alpha value is -4.01. The molecule has 1 unspecified atom stereocenters. The number of hydrogen-bond donors (Lipinski definition) is 2. The molecule has 2 aromatic carbocycles. The molecule has 1 saturated carbocycles. The molecule has 7 nitrogen and oxygen atoms in total. The highest BCUT2D eigenvalue weighted by Crippen LogP contribution is 2.36. The number of carboxylic acids is 1. The third-order valence-corrected chi connectivity index (χ3v) is 6.90. The lowest BCUT2D eigenvalue weighted by atomic mass is 9.98. The van der Waals surface area contributed by atoms with Crippen LogP contribution in [0.5, 0.6) is 11.5 Å². The molecule has 0 amide bonds. The number of fused-ring (bicyclic) bond motifs is 1. The Labute approximate surface area is 212 Å². The first-order valence-electron chi connectivity index (χ1n) is 12.3. The fraction of sp³-hybridized carbons (Fsp3) is 0.321. The Morgan fingerprint density at radius 2 is 1.81 bits per heavy atom. The molecule has 1 aliphatic carbocycles. The molecule has 1 atom stereocenters. The van der Waals surface area contributed by atoms with Gasteiger partial charge in [0.2, 0.25) is 0 Å². The maximum Gasteiger partial charge on any atom is 0.303 e. The molecule has 1 fully saturated rings. The number of aromatic hydroxyl groups is 1. The normalized spacial score (nSPS) is 14.8. The highest BCUT2D eigenvalue weighted by atomic mass is 19.1. The number of benzene rings is 2. The van der Waals surface area contributed by atoms with Gasteiger partial charge in [0.05, 0.1) is 18.0 Å². The fourth-order valence-corrected chi connectivity index (χ4v) is 4.90. The van der Waals surface area contributed by atoms with Gasteiger partial charge in [0.15, 0.2) is 17.4 Å². The van der Waals surface area contributed by atoms with Crippen LogP contribution in [-0.2, 0) is 11.4 Å². The van der Waals surface area contributed by atoms with Crippen LogP contribution in [-0.4, -0.2) is 30.9 Å². The van der Waals surface area contributed by atoms with Crippen molar-refractivity contribution >= 4 is 17.0 Å². The number of phenols is 1. The van der Waals surface area contributed by atoms with E-state index >= 15 is 0 Å². The number of carboxylic acid groups (broad SMARTS) is 1. The van der Waals surface area contributed by atoms with Gasteiger partial charge in [0, 0.05) is 17.3 Å². The summed E-state index contributed by atoms with van der Waals surface area (Å²) in [5.74, 6) is -3.40. The zero-order valence-corrected chi connectivity index (χ0v) is 20.3. The molecular formula is C28H27F2N3O4. The Balaban J connectivity index is 1.42. The topological polar surface area (TPSA) is 97.5 Å². The summed E-state index contributed by atoms with van der Waals surface area (Å²) in [4.78, 5) is 15.5. The van der Waals surface area contributed by atoms with Crippen molar-refractivity contribution in [3.05, 3.63) is 71.4 Å². The number of nitrogens with zero attached hydrogens (tertiary/aromatic N) is 3. The van der Waals surface area contributed by atoms with E-state index in [4.69, 9.17) is 14.9 Å². The van der Waals surface area contributed by atoms with Crippen molar-refractivity contribution in [1.29, 1.82) is 0 Å². The van der Waals surface area contributed by atoms with Crippen LogP contribution in [0.25, 0.3) is 22.3 Å². The predicted octanol–water partition coefficient (Wildman–Crippen LogP) is 6.35. The third kappa shape index (κ3) is 5.12. The second kappa shape index (κ2) is 10.2. The van der Waals surface area contributed by atoms with Gasteiger partial charge in [-0.15, -0.1) is 0 Å². The van der Waals surface area contributed by atoms with Crippen molar-refractivity contribution in [2.24, 2.45) is 0 Å². The Morgan fingerprint density at radius 3 is 2.46 bits per heavy atom. The molecule has 37 heavy (non-hydrogen) atoms. The van der Waals surface area contributed by atoms with E-state index in [2.05, 4.69) is 4.98 Å². The Kier molecular flexibility index (Phi) is 6.78. The summed E-state index contributed by atoms with van der Waals surface area (Å²) in [5, 5.41) is 23.2. The predicted molar refractivity (Wildman–Crippen MR) is 133 cm³/mol. The van der Waals surface area contributed by atoms with Crippen molar-refractivity contribution in [2.45, 2.75) is 57.6 Å². The van der Waals surface area contributed by atoms with Crippen LogP contribution in [0.1, 0.15) is 62.1 Å². The maximum absolute atomic E-state index is 14.1. The van der Waals surface area contributed by atoms with Gasteiger partial charge in [-0.25, -0.2) is 8.78 Å². The lowest BCUT2D eigenvalue weighted by Gasteiger charge is -2.12. The molecule has 5 rings (SSSR count). The maximum atomic E-state index is 14.1. The van der Waals surface area contributed by atoms with Gasteiger partial charge >= 0.3 is 5.97 Å². The molecule has 0 radical (unpaired) electrons. The van der Waals surface area contributed by atoms with Gasteiger partial charge in [-0.2, -0.15) is 5.10 Å². The van der Waals surface area contributed by atoms with E-state index in [0.29, 0.717) is 17.0 Å². The number of ether oxygens (including phenoxy) is 1. The van der Waals surface area contributed by atoms with Crippen LogP contribution in [0, 0.1) is 11.6 Å². The van der Waals surface area contributed by atoms with E-state index in [1.165, 1.54) is 0 Å². The minimum absolute atomic E-state index is 0.0615. The zero-order chi connectivity index (χ0) is 26.1. The number of pyridine rings is 1. The SMILES string of the molecule is CC(CC(=O)O)c1ccc(OCc2cnc3c(-c4cc(F)c(O)c(F)c4)nn(C4CCCC4)c3c2)cc1. The first kappa shape index (κ1) is 24.7. The van der Waals surface area contributed by atoms with E-state index in [0.717, 1.165) is 54.5 Å². The fourth-order valence-electron chi connectivity index (χ4n) is 4.90. The average molecular weight is 508 g/mol. The Bertz CT molecular complexity index is 1420. The molecule has 0 aliphatic heterocycles. The molecule has 0 bridgehead atoms. The van der Waals surface area contributed by atoms with E-state index in [-0.39, 0.29) is 30.6 Å². The largest absolute Gasteiger partial charge is 0.503 e. The molecule has 2 aromatic heterocycles. The molecule has 192 valence electrons. The standard InChI is InChI=1S/C28H27F2N3O4/c1-16(10-25(34)35)18-6-8-21(9-7-18)37-15-17-11-24-27(31-14-17)26(32-33(24)20-4-2-3-5-20)19-12-22(29)28(36)23(30)13-19/h6-9,11-14,16,20,36H,2-5,10,15H2,1H3,(H,34,35). The lowest BCUT2D eigenvalue weighted by molar-refractivity contribution is -0.137. The number of carbonyl (C=O) groups is 1. The molecule has 1 aliphatic rings. The number of phenolic OH excluding ortho intramolecular Hbond substituents is 1. The van der Waals surface area contributed by atoms with Crippen molar-refractivity contribution < 1.29 is 28.5 Å². The summed E-state index contributed by atoms with van der Waals surface area (Å²) in [7, 11) is 0. The van der Waals surface area contributed by atoms with E-state index in [1.54, 1.807) is 6.20 Å². The number of rotatable bonds is 8. The minimum Gasteiger partial charge on any atom is -0.503 e. The smallest absolute Gasteiger partial charge is 0.303 e. The van der Waals surface area contributed by atoms with Gasteiger partial charge < -0.3 is 14.9 Å². The van der Waals surface area contributed by atoms with Crippen molar-refractivity contribution in [3.8, 4) is 22.8 Å². The summed E-state index contributed by atoms with van der Waals surface area (Å²) in [6.45, 7) is 2.12. The number of aromatic nitrogens is 3. The first-order chi connectivity index (χ1) is 17.8. The van der Waals surface area contributed by atoms with E-state index in [9.17, 15) is 18.7 Å². The monoisotopic (exact) mass is 507 g/mol. The van der Waals surface area contributed by atoms with E-state index < -0.39 is 23.4 Å². The minimum atomic E-state index is -1.05. The van der Waals surface area contributed by atoms with E-state index in [1.807, 2.05) is 41.9 Å². The van der Waals surface area contributed by atoms with Gasteiger partial charge in [-0.05, 0) is 54.7 Å². The van der Waals surface area contributed by atoms with Gasteiger partial charge in [-0.1, -0.05) is 31.9 Å². The quantitative estimate of drug-likeness (QED) is 0.288. The summed E-state index contributed by atoms with van der Waals surface area (Å²) in [6, 6.07) is 11.6. The highest BCUT2D eigenvalue weighted by Gasteiger charge is 2.24. The molecule has 0 saturated heterocycles. The van der Waals surface area contributed by atoms with Crippen LogP contribution in [0.2, 0.25) is 0 Å². The number of halogens is 2. The van der Waals surface area contributed by atoms with Crippen LogP contribution >= 0.6 is 0 Å². The van der Waals surface area contributed by atoms with Crippen LogP contribution in [0.3, 0.4) is 0 Å². The average Bonchev–Trinajstić information content (AvgIpc) is 3.53. The molecule has 9 heteroatoms. The lowest BCUT2D eigenvalue weighted by Crippen LogP contribution is -2.07. The van der Waals surface area contributed by atoms with Crippen molar-refractivity contribution in [1.82, 2.24) is 14.8 Å². The second-order valence-corrected chi connectivity index (χ2v) is 9.59. The van der Waals surface area contributed by atoms with Crippen LogP contribution in [0.15, 0.2) is 48.7 Å². The molecule has 4 aromatic rings. The first-order valence-corrected chi connectivity index (χ1v) is 12.3. The summed E-state index contributed by atoms with van der Waals surface area (Å²) >= 11 is 0.